The van der Waals surface area contributed by atoms with Crippen LogP contribution in [0.25, 0.3) is 0 Å². The number of nitrogens with zero attached hydrogens (tertiary/aromatic N) is 1. The first-order valence-electron chi connectivity index (χ1n) is 7.84. The van der Waals surface area contributed by atoms with Crippen LogP contribution in [-0.4, -0.2) is 23.9 Å². The molecule has 1 spiro atoms. The summed E-state index contributed by atoms with van der Waals surface area (Å²) in [5.74, 6) is 0.107. The highest BCUT2D eigenvalue weighted by atomic mass is 79.9. The number of carbonyl (C=O) groups is 1. The van der Waals surface area contributed by atoms with Crippen molar-refractivity contribution < 1.29 is 4.79 Å². The Hall–Kier alpha value is -0.540. The molecule has 0 N–H and O–H groups in total. The van der Waals surface area contributed by atoms with Crippen LogP contribution in [0.15, 0.2) is 22.7 Å². The van der Waals surface area contributed by atoms with E-state index >= 15 is 0 Å². The van der Waals surface area contributed by atoms with E-state index in [0.717, 1.165) is 30.4 Å². The quantitative estimate of drug-likeness (QED) is 0.658. The Labute approximate surface area is 140 Å². The van der Waals surface area contributed by atoms with Gasteiger partial charge in [0.25, 0.3) is 5.91 Å². The molecule has 2 aliphatic rings. The second kappa shape index (κ2) is 6.29. The van der Waals surface area contributed by atoms with Gasteiger partial charge in [-0.1, -0.05) is 30.9 Å². The summed E-state index contributed by atoms with van der Waals surface area (Å²) in [7, 11) is 0. The average Bonchev–Trinajstić information content (AvgIpc) is 2.51. The number of amides is 1. The van der Waals surface area contributed by atoms with Gasteiger partial charge in [0.1, 0.15) is 0 Å². The summed E-state index contributed by atoms with van der Waals surface area (Å²) in [5.41, 5.74) is 1.21. The van der Waals surface area contributed by atoms with Crippen molar-refractivity contribution in [3.8, 4) is 0 Å². The molecule has 1 saturated heterocycles. The summed E-state index contributed by atoms with van der Waals surface area (Å²) in [6.07, 6.45) is 9.17. The first kappa shape index (κ1) is 15.4. The molecule has 2 nitrogen and oxygen atoms in total. The van der Waals surface area contributed by atoms with Gasteiger partial charge in [-0.15, -0.1) is 0 Å². The maximum Gasteiger partial charge on any atom is 0.255 e. The number of rotatable bonds is 1. The van der Waals surface area contributed by atoms with Crippen LogP contribution in [0, 0.1) is 5.41 Å². The molecule has 0 bridgehead atoms. The van der Waals surface area contributed by atoms with Gasteiger partial charge in [0.15, 0.2) is 0 Å². The van der Waals surface area contributed by atoms with Gasteiger partial charge in [0.05, 0.1) is 5.56 Å². The summed E-state index contributed by atoms with van der Waals surface area (Å²) in [4.78, 5) is 14.7. The summed E-state index contributed by atoms with van der Waals surface area (Å²) in [6, 6.07) is 5.41. The highest BCUT2D eigenvalue weighted by molar-refractivity contribution is 9.10. The fourth-order valence-corrected chi connectivity index (χ4v) is 4.41. The topological polar surface area (TPSA) is 20.3 Å². The number of halogens is 2. The number of likely N-dealkylation sites (tertiary alicyclic amines) is 1. The second-order valence-corrected chi connectivity index (χ2v) is 7.77. The van der Waals surface area contributed by atoms with Gasteiger partial charge in [0, 0.05) is 22.6 Å². The van der Waals surface area contributed by atoms with Crippen molar-refractivity contribution in [1.82, 2.24) is 4.90 Å². The smallest absolute Gasteiger partial charge is 0.255 e. The van der Waals surface area contributed by atoms with Crippen molar-refractivity contribution in [3.05, 3.63) is 33.3 Å². The van der Waals surface area contributed by atoms with E-state index in [0.29, 0.717) is 16.0 Å². The summed E-state index contributed by atoms with van der Waals surface area (Å²) < 4.78 is 0.829. The molecule has 0 aromatic heterocycles. The average molecular weight is 371 g/mol. The van der Waals surface area contributed by atoms with Crippen molar-refractivity contribution in [2.24, 2.45) is 5.41 Å². The fourth-order valence-electron chi connectivity index (χ4n) is 3.82. The van der Waals surface area contributed by atoms with E-state index in [-0.39, 0.29) is 5.91 Å². The molecule has 1 heterocycles. The minimum Gasteiger partial charge on any atom is -0.339 e. The number of hydrogen-bond acceptors (Lipinski definition) is 1. The number of carbonyl (C=O) groups excluding carboxylic acids is 1. The van der Waals surface area contributed by atoms with Gasteiger partial charge < -0.3 is 4.90 Å². The number of hydrogen-bond donors (Lipinski definition) is 0. The second-order valence-electron chi connectivity index (χ2n) is 6.48. The molecule has 114 valence electrons. The largest absolute Gasteiger partial charge is 0.339 e. The molecular formula is C17H21BrClNO. The Morgan fingerprint density at radius 2 is 1.76 bits per heavy atom. The summed E-state index contributed by atoms with van der Waals surface area (Å²) in [5, 5.41) is 0.613. The molecule has 2 fully saturated rings. The van der Waals surface area contributed by atoms with Gasteiger partial charge in [-0.2, -0.15) is 0 Å². The minimum atomic E-state index is 0.107. The van der Waals surface area contributed by atoms with E-state index in [1.807, 2.05) is 11.0 Å². The maximum absolute atomic E-state index is 12.7. The van der Waals surface area contributed by atoms with E-state index in [1.165, 1.54) is 32.1 Å². The molecule has 0 radical (unpaired) electrons. The van der Waals surface area contributed by atoms with Gasteiger partial charge in [0.2, 0.25) is 0 Å². The molecule has 3 rings (SSSR count). The zero-order valence-electron chi connectivity index (χ0n) is 12.2. The lowest BCUT2D eigenvalue weighted by Crippen LogP contribution is -2.44. The van der Waals surface area contributed by atoms with Gasteiger partial charge >= 0.3 is 0 Å². The van der Waals surface area contributed by atoms with Crippen LogP contribution in [-0.2, 0) is 0 Å². The first-order chi connectivity index (χ1) is 10.1. The molecule has 0 atom stereocenters. The van der Waals surface area contributed by atoms with Gasteiger partial charge in [-0.3, -0.25) is 4.79 Å². The summed E-state index contributed by atoms with van der Waals surface area (Å²) in [6.45, 7) is 1.77. The predicted octanol–water partition coefficient (Wildman–Crippen LogP) is 5.29. The van der Waals surface area contributed by atoms with Crippen LogP contribution in [0.2, 0.25) is 5.02 Å². The number of piperidine rings is 1. The van der Waals surface area contributed by atoms with Crippen molar-refractivity contribution in [1.29, 1.82) is 0 Å². The molecule has 0 unspecified atom stereocenters. The van der Waals surface area contributed by atoms with E-state index in [2.05, 4.69) is 15.9 Å². The molecule has 1 aromatic rings. The van der Waals surface area contributed by atoms with Crippen molar-refractivity contribution >= 4 is 33.4 Å². The van der Waals surface area contributed by atoms with Gasteiger partial charge in [-0.25, -0.2) is 0 Å². The standard InChI is InChI=1S/C17H21BrClNO/c18-15-5-4-13(19)12-14(15)16(21)20-10-8-17(9-11-20)6-2-1-3-7-17/h4-5,12H,1-3,6-11H2. The van der Waals surface area contributed by atoms with E-state index in [9.17, 15) is 4.79 Å². The monoisotopic (exact) mass is 369 g/mol. The van der Waals surface area contributed by atoms with Crippen molar-refractivity contribution in [2.75, 3.05) is 13.1 Å². The predicted molar refractivity (Wildman–Crippen MR) is 89.8 cm³/mol. The first-order valence-corrected chi connectivity index (χ1v) is 9.01. The Morgan fingerprint density at radius 3 is 2.43 bits per heavy atom. The molecule has 21 heavy (non-hydrogen) atoms. The zero-order chi connectivity index (χ0) is 14.9. The Morgan fingerprint density at radius 1 is 1.10 bits per heavy atom. The Balaban J connectivity index is 1.69. The lowest BCUT2D eigenvalue weighted by atomic mass is 9.68. The Kier molecular flexibility index (Phi) is 4.60. The normalized spacial score (nSPS) is 21.5. The molecule has 1 aliphatic carbocycles. The molecule has 1 amide bonds. The zero-order valence-corrected chi connectivity index (χ0v) is 14.5. The van der Waals surface area contributed by atoms with Crippen LogP contribution < -0.4 is 0 Å². The van der Waals surface area contributed by atoms with E-state index in [1.54, 1.807) is 12.1 Å². The van der Waals surface area contributed by atoms with Gasteiger partial charge in [-0.05, 0) is 65.2 Å². The Bertz CT molecular complexity index is 530. The van der Waals surface area contributed by atoms with Crippen LogP contribution >= 0.6 is 27.5 Å². The minimum absolute atomic E-state index is 0.107. The van der Waals surface area contributed by atoms with E-state index < -0.39 is 0 Å². The molecule has 1 saturated carbocycles. The molecule has 1 aliphatic heterocycles. The number of benzene rings is 1. The van der Waals surface area contributed by atoms with Crippen LogP contribution in [0.1, 0.15) is 55.3 Å². The van der Waals surface area contributed by atoms with Crippen LogP contribution in [0.5, 0.6) is 0 Å². The molecular weight excluding hydrogens is 350 g/mol. The van der Waals surface area contributed by atoms with Crippen LogP contribution in [0.3, 0.4) is 0 Å². The highest BCUT2D eigenvalue weighted by Crippen LogP contribution is 2.44. The maximum atomic E-state index is 12.7. The summed E-state index contributed by atoms with van der Waals surface area (Å²) >= 11 is 9.49. The van der Waals surface area contributed by atoms with Crippen LogP contribution in [0.4, 0.5) is 0 Å². The SMILES string of the molecule is O=C(c1cc(Cl)ccc1Br)N1CCC2(CCCCC2)CC1. The third-order valence-corrected chi connectivity index (χ3v) is 6.11. The fraction of sp³-hybridized carbons (Fsp3) is 0.588. The third-order valence-electron chi connectivity index (χ3n) is 5.18. The van der Waals surface area contributed by atoms with Crippen molar-refractivity contribution in [3.63, 3.8) is 0 Å². The molecule has 4 heteroatoms. The van der Waals surface area contributed by atoms with Crippen molar-refractivity contribution in [2.45, 2.75) is 44.9 Å². The third kappa shape index (κ3) is 3.29. The lowest BCUT2D eigenvalue weighted by Gasteiger charge is -2.44. The molecule has 1 aromatic carbocycles. The lowest BCUT2D eigenvalue weighted by molar-refractivity contribution is 0.0471. The highest BCUT2D eigenvalue weighted by Gasteiger charge is 2.36. The van der Waals surface area contributed by atoms with E-state index in [4.69, 9.17) is 11.6 Å².